The topological polar surface area (TPSA) is 112 Å². The van der Waals surface area contributed by atoms with Gasteiger partial charge in [-0.2, -0.15) is 10.4 Å². The number of ether oxygens (including phenoxy) is 1. The van der Waals surface area contributed by atoms with Crippen LogP contribution in [0.2, 0.25) is 0 Å². The Morgan fingerprint density at radius 1 is 1.19 bits per heavy atom. The molecule has 1 aromatic carbocycles. The fraction of sp³-hybridized carbons (Fsp3) is 0.222. The van der Waals surface area contributed by atoms with Crippen LogP contribution in [0.3, 0.4) is 0 Å². The predicted molar refractivity (Wildman–Crippen MR) is 105 cm³/mol. The number of benzene rings is 1. The Hall–Kier alpha value is -3.15. The van der Waals surface area contributed by atoms with Gasteiger partial charge in [0.2, 0.25) is 0 Å². The third-order valence-electron chi connectivity index (χ3n) is 3.74. The number of methoxy groups -OCH3 is 1. The second-order valence-electron chi connectivity index (χ2n) is 5.51. The molecule has 0 aliphatic rings. The second-order valence-corrected chi connectivity index (χ2v) is 5.51. The normalized spacial score (nSPS) is 9.96. The summed E-state index contributed by atoms with van der Waals surface area (Å²) in [6, 6.07) is 9.87. The molecule has 2 aromatic heterocycles. The summed E-state index contributed by atoms with van der Waals surface area (Å²) in [6.45, 7) is 3.78. The van der Waals surface area contributed by atoms with Gasteiger partial charge in [-0.1, -0.05) is 13.0 Å². The average Bonchev–Trinajstić information content (AvgIpc) is 3.15. The monoisotopic (exact) mass is 385 g/mol. The molecule has 0 spiro atoms. The van der Waals surface area contributed by atoms with Crippen molar-refractivity contribution >= 4 is 24.0 Å². The molecule has 0 amide bonds. The summed E-state index contributed by atoms with van der Waals surface area (Å²) in [6.07, 6.45) is 2.89. The molecule has 0 unspecified atom stereocenters. The van der Waals surface area contributed by atoms with Crippen LogP contribution in [0.5, 0.6) is 5.75 Å². The average molecular weight is 386 g/mol. The Balaban J connectivity index is 0.00000261. The maximum absolute atomic E-state index is 8.76. The van der Waals surface area contributed by atoms with Crippen LogP contribution in [-0.2, 0) is 6.54 Å². The van der Waals surface area contributed by atoms with Crippen LogP contribution in [0.4, 0.5) is 11.6 Å². The minimum Gasteiger partial charge on any atom is -0.496 e. The van der Waals surface area contributed by atoms with Crippen molar-refractivity contribution < 1.29 is 4.74 Å². The summed E-state index contributed by atoms with van der Waals surface area (Å²) >= 11 is 0. The lowest BCUT2D eigenvalue weighted by molar-refractivity contribution is 0.415. The van der Waals surface area contributed by atoms with Crippen molar-refractivity contribution in [3.05, 3.63) is 47.9 Å². The van der Waals surface area contributed by atoms with Crippen LogP contribution in [0.1, 0.15) is 18.2 Å². The van der Waals surface area contributed by atoms with Crippen molar-refractivity contribution in [2.75, 3.05) is 19.0 Å². The van der Waals surface area contributed by atoms with E-state index in [1.54, 1.807) is 7.11 Å². The van der Waals surface area contributed by atoms with E-state index in [0.29, 0.717) is 11.6 Å². The number of nitrogens with zero attached hydrogens (tertiary/aromatic N) is 4. The van der Waals surface area contributed by atoms with Crippen LogP contribution < -0.4 is 15.4 Å². The molecule has 0 bridgehead atoms. The minimum absolute atomic E-state index is 0. The lowest BCUT2D eigenvalue weighted by Crippen LogP contribution is -2.11. The molecule has 140 valence electrons. The van der Waals surface area contributed by atoms with E-state index in [0.717, 1.165) is 35.7 Å². The molecular formula is C18H20ClN7O. The van der Waals surface area contributed by atoms with Crippen LogP contribution in [0.15, 0.2) is 36.7 Å². The number of aromatic nitrogens is 4. The summed E-state index contributed by atoms with van der Waals surface area (Å²) in [7, 11) is 1.65. The molecule has 27 heavy (non-hydrogen) atoms. The number of hydrogen-bond donors (Lipinski definition) is 3. The minimum atomic E-state index is 0. The van der Waals surface area contributed by atoms with Gasteiger partial charge in [0, 0.05) is 18.2 Å². The first kappa shape index (κ1) is 20.2. The fourth-order valence-corrected chi connectivity index (χ4v) is 2.44. The Morgan fingerprint density at radius 2 is 2.04 bits per heavy atom. The third-order valence-corrected chi connectivity index (χ3v) is 3.74. The summed E-state index contributed by atoms with van der Waals surface area (Å²) in [4.78, 5) is 8.09. The molecule has 0 radical (unpaired) electrons. The van der Waals surface area contributed by atoms with E-state index in [1.807, 2.05) is 24.3 Å². The summed E-state index contributed by atoms with van der Waals surface area (Å²) in [5.41, 5.74) is 3.15. The van der Waals surface area contributed by atoms with Crippen LogP contribution in [0, 0.1) is 11.3 Å². The number of rotatable bonds is 7. The molecule has 2 heterocycles. The Bertz CT molecular complexity index is 918. The van der Waals surface area contributed by atoms with E-state index in [1.165, 1.54) is 12.4 Å². The number of halogens is 1. The maximum Gasteiger partial charge on any atom is 0.158 e. The van der Waals surface area contributed by atoms with E-state index in [-0.39, 0.29) is 18.1 Å². The largest absolute Gasteiger partial charge is 0.496 e. The lowest BCUT2D eigenvalue weighted by atomic mass is 10.1. The van der Waals surface area contributed by atoms with Gasteiger partial charge in [0.15, 0.2) is 11.5 Å². The van der Waals surface area contributed by atoms with Crippen LogP contribution in [0.25, 0.3) is 11.3 Å². The van der Waals surface area contributed by atoms with E-state index >= 15 is 0 Å². The van der Waals surface area contributed by atoms with E-state index in [9.17, 15) is 0 Å². The molecule has 8 nitrogen and oxygen atoms in total. The zero-order chi connectivity index (χ0) is 18.4. The van der Waals surface area contributed by atoms with Crippen LogP contribution in [-0.4, -0.2) is 33.8 Å². The van der Waals surface area contributed by atoms with Crippen molar-refractivity contribution in [1.82, 2.24) is 25.5 Å². The third kappa shape index (κ3) is 4.94. The number of anilines is 2. The highest BCUT2D eigenvalue weighted by atomic mass is 35.5. The molecule has 9 heteroatoms. The van der Waals surface area contributed by atoms with Gasteiger partial charge in [0.05, 0.1) is 25.2 Å². The van der Waals surface area contributed by atoms with Gasteiger partial charge >= 0.3 is 0 Å². The first-order valence-electron chi connectivity index (χ1n) is 8.16. The first-order valence-corrected chi connectivity index (χ1v) is 8.16. The van der Waals surface area contributed by atoms with Gasteiger partial charge in [0.25, 0.3) is 0 Å². The summed E-state index contributed by atoms with van der Waals surface area (Å²) in [5.74, 6) is 1.88. The van der Waals surface area contributed by atoms with Crippen LogP contribution >= 0.6 is 12.4 Å². The number of nitrogens with one attached hydrogen (secondary N) is 3. The molecule has 0 atom stereocenters. The van der Waals surface area contributed by atoms with Crippen molar-refractivity contribution in [2.24, 2.45) is 0 Å². The zero-order valence-electron chi connectivity index (χ0n) is 15.0. The van der Waals surface area contributed by atoms with Gasteiger partial charge in [0.1, 0.15) is 17.6 Å². The summed E-state index contributed by atoms with van der Waals surface area (Å²) < 4.78 is 5.52. The van der Waals surface area contributed by atoms with E-state index in [2.05, 4.69) is 43.8 Å². The highest BCUT2D eigenvalue weighted by Gasteiger charge is 2.11. The van der Waals surface area contributed by atoms with Crippen molar-refractivity contribution in [1.29, 1.82) is 5.26 Å². The van der Waals surface area contributed by atoms with Gasteiger partial charge in [-0.3, -0.25) is 5.10 Å². The smallest absolute Gasteiger partial charge is 0.158 e. The number of nitriles is 1. The zero-order valence-corrected chi connectivity index (χ0v) is 15.8. The molecule has 0 saturated heterocycles. The van der Waals surface area contributed by atoms with Gasteiger partial charge in [-0.15, -0.1) is 12.4 Å². The Labute approximate surface area is 163 Å². The van der Waals surface area contributed by atoms with Crippen molar-refractivity contribution in [3.8, 4) is 23.1 Å². The Morgan fingerprint density at radius 3 is 2.70 bits per heavy atom. The van der Waals surface area contributed by atoms with Gasteiger partial charge < -0.3 is 15.4 Å². The molecule has 0 aliphatic heterocycles. The molecule has 3 rings (SSSR count). The van der Waals surface area contributed by atoms with Gasteiger partial charge in [-0.05, 0) is 24.2 Å². The van der Waals surface area contributed by atoms with E-state index in [4.69, 9.17) is 10.00 Å². The second kappa shape index (κ2) is 9.52. The molecule has 3 aromatic rings. The molecule has 0 fully saturated rings. The standard InChI is InChI=1S/C18H19N7O.ClH/c1-3-20-9-12-4-5-14(16(6-12)26-2)15-7-17(25-24-15)23-18-11-21-13(8-19)10-22-18;/h4-7,10-11,20H,3,9H2,1-2H3,(H2,22,23,24,25);1H. The fourth-order valence-electron chi connectivity index (χ4n) is 2.44. The first-order chi connectivity index (χ1) is 12.7. The Kier molecular flexibility index (Phi) is 7.11. The highest BCUT2D eigenvalue weighted by molar-refractivity contribution is 5.85. The van der Waals surface area contributed by atoms with Gasteiger partial charge in [-0.25, -0.2) is 9.97 Å². The van der Waals surface area contributed by atoms with Crippen molar-refractivity contribution in [3.63, 3.8) is 0 Å². The quantitative estimate of drug-likeness (QED) is 0.573. The molecule has 0 saturated carbocycles. The van der Waals surface area contributed by atoms with Crippen molar-refractivity contribution in [2.45, 2.75) is 13.5 Å². The number of aromatic amines is 1. The number of hydrogen-bond acceptors (Lipinski definition) is 7. The van der Waals surface area contributed by atoms with E-state index < -0.39 is 0 Å². The predicted octanol–water partition coefficient (Wildman–Crippen LogP) is 3.02. The molecular weight excluding hydrogens is 366 g/mol. The number of H-pyrrole nitrogens is 1. The summed E-state index contributed by atoms with van der Waals surface area (Å²) in [5, 5.41) is 22.3. The highest BCUT2D eigenvalue weighted by Crippen LogP contribution is 2.31. The maximum atomic E-state index is 8.76. The lowest BCUT2D eigenvalue weighted by Gasteiger charge is -2.09. The molecule has 0 aliphatic carbocycles. The molecule has 3 N–H and O–H groups in total. The SMILES string of the molecule is CCNCc1ccc(-c2cc(Nc3cnc(C#N)cn3)n[nH]2)c(OC)c1.Cl.